The van der Waals surface area contributed by atoms with Crippen LogP contribution in [0.4, 0.5) is 0 Å². The predicted molar refractivity (Wildman–Crippen MR) is 118 cm³/mol. The van der Waals surface area contributed by atoms with E-state index < -0.39 is 0 Å². The van der Waals surface area contributed by atoms with Crippen molar-refractivity contribution in [3.05, 3.63) is 105 Å². The van der Waals surface area contributed by atoms with Gasteiger partial charge >= 0.3 is 0 Å². The van der Waals surface area contributed by atoms with Crippen LogP contribution in [-0.2, 0) is 26.1 Å². The van der Waals surface area contributed by atoms with Crippen molar-refractivity contribution >= 4 is 29.1 Å². The fourth-order valence-electron chi connectivity index (χ4n) is 3.65. The first-order chi connectivity index (χ1) is 14.1. The molecule has 4 rings (SSSR count). The second-order valence-corrected chi connectivity index (χ2v) is 8.19. The van der Waals surface area contributed by atoms with Crippen molar-refractivity contribution in [1.82, 2.24) is 10.2 Å². The van der Waals surface area contributed by atoms with E-state index in [-0.39, 0.29) is 5.91 Å². The molecule has 0 atom stereocenters. The van der Waals surface area contributed by atoms with Crippen LogP contribution in [0, 0.1) is 0 Å². The Labute approximate surface area is 181 Å². The Hall–Kier alpha value is -2.33. The maximum Gasteiger partial charge on any atom is 0.251 e. The van der Waals surface area contributed by atoms with Gasteiger partial charge in [-0.25, -0.2) is 0 Å². The number of halogens is 2. The smallest absolute Gasteiger partial charge is 0.251 e. The standard InChI is InChI=1S/C24H22Cl2N2O/c25-22-10-9-20(23(26)13-22)14-27-24(29)19-7-5-17(6-8-19)15-28-12-11-18-3-1-2-4-21(18)16-28/h1-10,13H,11-12,14-16H2,(H,27,29). The van der Waals surface area contributed by atoms with Gasteiger partial charge in [0.25, 0.3) is 5.91 Å². The summed E-state index contributed by atoms with van der Waals surface area (Å²) in [4.78, 5) is 14.9. The molecule has 0 aliphatic carbocycles. The summed E-state index contributed by atoms with van der Waals surface area (Å²) in [5.41, 5.74) is 5.56. The van der Waals surface area contributed by atoms with Gasteiger partial charge in [0.05, 0.1) is 0 Å². The molecule has 3 nitrogen and oxygen atoms in total. The Bertz CT molecular complexity index is 1020. The van der Waals surface area contributed by atoms with Gasteiger partial charge in [0.2, 0.25) is 0 Å². The molecule has 3 aromatic rings. The normalized spacial score (nSPS) is 13.7. The molecule has 0 fully saturated rings. The summed E-state index contributed by atoms with van der Waals surface area (Å²) in [6.45, 7) is 3.28. The van der Waals surface area contributed by atoms with E-state index in [9.17, 15) is 4.79 Å². The third kappa shape index (κ3) is 4.99. The molecule has 1 aliphatic heterocycles. The molecule has 148 valence electrons. The van der Waals surface area contributed by atoms with Crippen LogP contribution in [0.5, 0.6) is 0 Å². The summed E-state index contributed by atoms with van der Waals surface area (Å²) < 4.78 is 0. The third-order valence-corrected chi connectivity index (χ3v) is 5.87. The molecule has 29 heavy (non-hydrogen) atoms. The van der Waals surface area contributed by atoms with Crippen LogP contribution in [0.25, 0.3) is 0 Å². The molecular formula is C24H22Cl2N2O. The number of rotatable bonds is 5. The SMILES string of the molecule is O=C(NCc1ccc(Cl)cc1Cl)c1ccc(CN2CCc3ccccc3C2)cc1. The van der Waals surface area contributed by atoms with Crippen LogP contribution in [0.3, 0.4) is 0 Å². The first-order valence-electron chi connectivity index (χ1n) is 9.69. The molecule has 0 saturated carbocycles. The molecule has 0 radical (unpaired) electrons. The summed E-state index contributed by atoms with van der Waals surface area (Å²) >= 11 is 12.1. The van der Waals surface area contributed by atoms with Crippen molar-refractivity contribution in [3.63, 3.8) is 0 Å². The molecule has 3 aromatic carbocycles. The fraction of sp³-hybridized carbons (Fsp3) is 0.208. The summed E-state index contributed by atoms with van der Waals surface area (Å²) in [5, 5.41) is 4.04. The van der Waals surface area contributed by atoms with Crippen molar-refractivity contribution in [2.75, 3.05) is 6.54 Å². The Kier molecular flexibility index (Phi) is 6.19. The zero-order chi connectivity index (χ0) is 20.2. The van der Waals surface area contributed by atoms with Gasteiger partial charge in [-0.1, -0.05) is 65.7 Å². The van der Waals surface area contributed by atoms with E-state index >= 15 is 0 Å². The van der Waals surface area contributed by atoms with Crippen molar-refractivity contribution in [1.29, 1.82) is 0 Å². The predicted octanol–water partition coefficient (Wildman–Crippen LogP) is 5.48. The van der Waals surface area contributed by atoms with E-state index in [0.717, 1.165) is 31.6 Å². The maximum atomic E-state index is 12.4. The van der Waals surface area contributed by atoms with Gasteiger partial charge in [0.1, 0.15) is 0 Å². The number of amides is 1. The molecule has 1 N–H and O–H groups in total. The number of hydrogen-bond donors (Lipinski definition) is 1. The molecule has 0 aromatic heterocycles. The van der Waals surface area contributed by atoms with Crippen LogP contribution in [0.15, 0.2) is 66.7 Å². The average molecular weight is 425 g/mol. The average Bonchev–Trinajstić information content (AvgIpc) is 2.73. The van der Waals surface area contributed by atoms with E-state index in [1.54, 1.807) is 12.1 Å². The molecule has 1 amide bonds. The van der Waals surface area contributed by atoms with Crippen LogP contribution in [0.2, 0.25) is 10.0 Å². The van der Waals surface area contributed by atoms with E-state index in [0.29, 0.717) is 22.2 Å². The van der Waals surface area contributed by atoms with Crippen LogP contribution >= 0.6 is 23.2 Å². The summed E-state index contributed by atoms with van der Waals surface area (Å²) in [6, 6.07) is 21.7. The van der Waals surface area contributed by atoms with Crippen molar-refractivity contribution in [3.8, 4) is 0 Å². The fourth-order valence-corrected chi connectivity index (χ4v) is 4.13. The minimum atomic E-state index is -0.116. The van der Waals surface area contributed by atoms with E-state index in [4.69, 9.17) is 23.2 Å². The van der Waals surface area contributed by atoms with Crippen LogP contribution in [-0.4, -0.2) is 17.4 Å². The number of carbonyl (C=O) groups is 1. The largest absolute Gasteiger partial charge is 0.348 e. The molecule has 0 bridgehead atoms. The van der Waals surface area contributed by atoms with Gasteiger partial charge in [-0.2, -0.15) is 0 Å². The summed E-state index contributed by atoms with van der Waals surface area (Å²) in [5.74, 6) is -0.116. The number of carbonyl (C=O) groups excluding carboxylic acids is 1. The van der Waals surface area contributed by atoms with Crippen molar-refractivity contribution in [2.24, 2.45) is 0 Å². The number of hydrogen-bond acceptors (Lipinski definition) is 2. The molecule has 1 heterocycles. The Morgan fingerprint density at radius 2 is 1.72 bits per heavy atom. The lowest BCUT2D eigenvalue weighted by Crippen LogP contribution is -2.30. The Morgan fingerprint density at radius 3 is 2.48 bits per heavy atom. The van der Waals surface area contributed by atoms with Gasteiger partial charge < -0.3 is 5.32 Å². The van der Waals surface area contributed by atoms with Gasteiger partial charge in [-0.05, 0) is 52.9 Å². The summed E-state index contributed by atoms with van der Waals surface area (Å²) in [7, 11) is 0. The number of fused-ring (bicyclic) bond motifs is 1. The lowest BCUT2D eigenvalue weighted by molar-refractivity contribution is 0.0951. The quantitative estimate of drug-likeness (QED) is 0.587. The highest BCUT2D eigenvalue weighted by molar-refractivity contribution is 6.35. The monoisotopic (exact) mass is 424 g/mol. The zero-order valence-electron chi connectivity index (χ0n) is 16.0. The first-order valence-corrected chi connectivity index (χ1v) is 10.4. The van der Waals surface area contributed by atoms with Crippen molar-refractivity contribution < 1.29 is 4.79 Å². The third-order valence-electron chi connectivity index (χ3n) is 5.29. The maximum absolute atomic E-state index is 12.4. The Morgan fingerprint density at radius 1 is 0.966 bits per heavy atom. The van der Waals surface area contributed by atoms with E-state index in [1.807, 2.05) is 30.3 Å². The molecule has 1 aliphatic rings. The molecule has 0 spiro atoms. The lowest BCUT2D eigenvalue weighted by atomic mass is 9.99. The van der Waals surface area contributed by atoms with E-state index in [2.05, 4.69) is 34.5 Å². The topological polar surface area (TPSA) is 32.3 Å². The van der Waals surface area contributed by atoms with Crippen molar-refractivity contribution in [2.45, 2.75) is 26.1 Å². The summed E-state index contributed by atoms with van der Waals surface area (Å²) in [6.07, 6.45) is 1.09. The highest BCUT2D eigenvalue weighted by Gasteiger charge is 2.16. The van der Waals surface area contributed by atoms with Gasteiger partial charge in [-0.3, -0.25) is 9.69 Å². The minimum Gasteiger partial charge on any atom is -0.348 e. The minimum absolute atomic E-state index is 0.116. The number of benzene rings is 3. The first kappa shape index (κ1) is 20.0. The molecule has 0 saturated heterocycles. The highest BCUT2D eigenvalue weighted by atomic mass is 35.5. The molecule has 5 heteroatoms. The second kappa shape index (κ2) is 9.00. The van der Waals surface area contributed by atoms with Crippen LogP contribution in [0.1, 0.15) is 32.6 Å². The number of nitrogens with zero attached hydrogens (tertiary/aromatic N) is 1. The Balaban J connectivity index is 1.33. The lowest BCUT2D eigenvalue weighted by Gasteiger charge is -2.28. The molecular weight excluding hydrogens is 403 g/mol. The highest BCUT2D eigenvalue weighted by Crippen LogP contribution is 2.22. The number of nitrogens with one attached hydrogen (secondary N) is 1. The van der Waals surface area contributed by atoms with Gasteiger partial charge in [-0.15, -0.1) is 0 Å². The zero-order valence-corrected chi connectivity index (χ0v) is 17.5. The van der Waals surface area contributed by atoms with Crippen LogP contribution < -0.4 is 5.32 Å². The van der Waals surface area contributed by atoms with Gasteiger partial charge in [0.15, 0.2) is 0 Å². The molecule has 0 unspecified atom stereocenters. The van der Waals surface area contributed by atoms with Gasteiger partial charge in [0, 0.05) is 41.8 Å². The second-order valence-electron chi connectivity index (χ2n) is 7.34. The van der Waals surface area contributed by atoms with E-state index in [1.165, 1.54) is 16.7 Å².